The van der Waals surface area contributed by atoms with Gasteiger partial charge < -0.3 is 28.5 Å². The molecule has 6 atom stereocenters. The lowest BCUT2D eigenvalue weighted by molar-refractivity contribution is -0.147. The maximum Gasteiger partial charge on any atom is 0.416 e. The number of benzene rings is 1. The Bertz CT molecular complexity index is 1180. The summed E-state index contributed by atoms with van der Waals surface area (Å²) in [6.45, 7) is 16.4. The van der Waals surface area contributed by atoms with Crippen LogP contribution in [-0.4, -0.2) is 69.9 Å². The number of unbranched alkanes of at least 4 members (excludes halogenated alkanes) is 1. The number of carbonyl (C=O) groups is 1. The van der Waals surface area contributed by atoms with E-state index in [9.17, 15) is 28.2 Å². The lowest BCUT2D eigenvalue weighted by atomic mass is 9.89. The molecule has 1 saturated carbocycles. The smallest absolute Gasteiger partial charge is 0.416 e. The van der Waals surface area contributed by atoms with Crippen molar-refractivity contribution < 1.29 is 46.5 Å². The molecule has 0 radical (unpaired) electrons. The van der Waals surface area contributed by atoms with E-state index in [0.717, 1.165) is 48.4 Å². The van der Waals surface area contributed by atoms with Crippen LogP contribution >= 0.6 is 0 Å². The molecule has 2 unspecified atom stereocenters. The highest BCUT2D eigenvalue weighted by atomic mass is 28.4. The Hall–Kier alpha value is -1.97. The van der Waals surface area contributed by atoms with Crippen LogP contribution in [0.4, 0.5) is 13.2 Å². The Kier molecular flexibility index (Phi) is 18.5. The maximum absolute atomic E-state index is 13.4. The monoisotopic (exact) mass is 744 g/mol. The first-order valence-corrected chi connectivity index (χ1v) is 23.7. The summed E-state index contributed by atoms with van der Waals surface area (Å²) < 4.78 is 65.1. The first-order valence-electron chi connectivity index (χ1n) is 18.7. The molecular formula is C38H63F3O7Si2. The summed E-state index contributed by atoms with van der Waals surface area (Å²) in [5.41, 5.74) is -0.780. The maximum atomic E-state index is 13.4. The topological polar surface area (TPSA) is 94.5 Å². The van der Waals surface area contributed by atoms with E-state index in [0.29, 0.717) is 25.7 Å². The molecule has 0 saturated heterocycles. The van der Waals surface area contributed by atoms with Gasteiger partial charge >= 0.3 is 12.1 Å². The van der Waals surface area contributed by atoms with Crippen LogP contribution in [0.3, 0.4) is 0 Å². The van der Waals surface area contributed by atoms with Crippen LogP contribution in [0.25, 0.3) is 0 Å². The molecule has 0 spiro atoms. The highest BCUT2D eigenvalue weighted by Crippen LogP contribution is 2.41. The summed E-state index contributed by atoms with van der Waals surface area (Å²) in [5, 5.41) is 22.8. The normalized spacial score (nSPS) is 22.6. The van der Waals surface area contributed by atoms with E-state index in [-0.39, 0.29) is 36.3 Å². The summed E-state index contributed by atoms with van der Waals surface area (Å²) >= 11 is 0. The van der Waals surface area contributed by atoms with Gasteiger partial charge in [-0.25, -0.2) is 0 Å². The van der Waals surface area contributed by atoms with Gasteiger partial charge in [-0.3, -0.25) is 4.79 Å². The Labute approximate surface area is 300 Å². The molecule has 50 heavy (non-hydrogen) atoms. The first kappa shape index (κ1) is 44.2. The van der Waals surface area contributed by atoms with Crippen molar-refractivity contribution in [1.29, 1.82) is 0 Å². The average Bonchev–Trinajstić information content (AvgIpc) is 3.31. The van der Waals surface area contributed by atoms with Crippen molar-refractivity contribution in [3.63, 3.8) is 0 Å². The molecule has 2 rings (SSSR count). The van der Waals surface area contributed by atoms with E-state index in [4.69, 9.17) is 18.3 Å². The van der Waals surface area contributed by atoms with Crippen LogP contribution in [0.15, 0.2) is 48.6 Å². The molecule has 1 aliphatic carbocycles. The lowest BCUT2D eigenvalue weighted by Crippen LogP contribution is -2.45. The van der Waals surface area contributed by atoms with Crippen LogP contribution in [0.5, 0.6) is 5.75 Å². The van der Waals surface area contributed by atoms with Crippen molar-refractivity contribution >= 4 is 22.6 Å². The molecule has 1 aromatic carbocycles. The van der Waals surface area contributed by atoms with Crippen LogP contribution in [-0.2, 0) is 24.6 Å². The zero-order valence-corrected chi connectivity index (χ0v) is 33.5. The van der Waals surface area contributed by atoms with Crippen molar-refractivity contribution in [3.8, 4) is 5.75 Å². The summed E-state index contributed by atoms with van der Waals surface area (Å²) in [6, 6.07) is 10.1. The van der Waals surface area contributed by atoms with Crippen molar-refractivity contribution in [3.05, 3.63) is 54.1 Å². The van der Waals surface area contributed by atoms with Gasteiger partial charge in [-0.15, -0.1) is 0 Å². The fraction of sp³-hybridized carbons (Fsp3) is 0.711. The number of alkyl halides is 3. The summed E-state index contributed by atoms with van der Waals surface area (Å²) in [7, 11) is -4.38. The second-order valence-electron chi connectivity index (χ2n) is 13.8. The molecule has 1 aromatic rings. The molecule has 0 aliphatic heterocycles. The van der Waals surface area contributed by atoms with E-state index in [1.807, 2.05) is 38.2 Å². The molecule has 0 aromatic heterocycles. The number of allylic oxidation sites excluding steroid dienone is 2. The number of aliphatic hydroxyl groups is 2. The minimum Gasteiger partial charge on any atom is -0.491 e. The average molecular weight is 745 g/mol. The molecule has 0 heterocycles. The third-order valence-corrected chi connectivity index (χ3v) is 19.8. The van der Waals surface area contributed by atoms with E-state index < -0.39 is 52.8 Å². The number of hydrogen-bond donors (Lipinski definition) is 2. The van der Waals surface area contributed by atoms with Crippen molar-refractivity contribution in [2.24, 2.45) is 11.8 Å². The number of rotatable bonds is 22. The highest BCUT2D eigenvalue weighted by Gasteiger charge is 2.51. The van der Waals surface area contributed by atoms with Crippen LogP contribution in [0.2, 0.25) is 36.3 Å². The number of aliphatic hydroxyl groups excluding tert-OH is 2. The first-order chi connectivity index (χ1) is 23.6. The van der Waals surface area contributed by atoms with Gasteiger partial charge in [-0.05, 0) is 93.5 Å². The minimum atomic E-state index is -4.49. The second-order valence-corrected chi connectivity index (χ2v) is 23.3. The number of halogens is 3. The number of ether oxygens (including phenoxy) is 2. The van der Waals surface area contributed by atoms with Gasteiger partial charge in [0.2, 0.25) is 0 Å². The molecule has 1 aliphatic rings. The number of carbonyl (C=O) groups excluding carboxylic acids is 1. The van der Waals surface area contributed by atoms with Gasteiger partial charge in [0.05, 0.1) is 30.0 Å². The van der Waals surface area contributed by atoms with Gasteiger partial charge in [0, 0.05) is 12.3 Å². The molecule has 12 heteroatoms. The molecule has 0 bridgehead atoms. The molecule has 7 nitrogen and oxygen atoms in total. The third-order valence-electron chi connectivity index (χ3n) is 10.5. The summed E-state index contributed by atoms with van der Waals surface area (Å²) in [5.74, 6) is -0.806. The van der Waals surface area contributed by atoms with E-state index in [1.165, 1.54) is 12.1 Å². The molecule has 286 valence electrons. The fourth-order valence-electron chi connectivity index (χ4n) is 6.83. The largest absolute Gasteiger partial charge is 0.491 e. The van der Waals surface area contributed by atoms with Gasteiger partial charge in [-0.1, -0.05) is 71.9 Å². The Morgan fingerprint density at radius 2 is 1.54 bits per heavy atom. The van der Waals surface area contributed by atoms with Gasteiger partial charge in [0.1, 0.15) is 18.5 Å². The number of esters is 1. The SMILES string of the molecule is CC[Si](CC)(CC)OC(C=C[C@@H]1[C@@H](CC=CCCCC(=O)OC(C)C)[C@H](O)C(O)[C@@H]1O[Si](CC)(CC)CC)COc1cccc(C(F)(F)F)c1. The van der Waals surface area contributed by atoms with E-state index >= 15 is 0 Å². The molecule has 0 amide bonds. The van der Waals surface area contributed by atoms with E-state index in [1.54, 1.807) is 0 Å². The Morgan fingerprint density at radius 1 is 0.920 bits per heavy atom. The molecule has 2 N–H and O–H groups in total. The lowest BCUT2D eigenvalue weighted by Gasteiger charge is -2.35. The number of hydrogen-bond acceptors (Lipinski definition) is 7. The minimum absolute atomic E-state index is 0.0112. The van der Waals surface area contributed by atoms with Crippen molar-refractivity contribution in [1.82, 2.24) is 0 Å². The third kappa shape index (κ3) is 12.9. The predicted molar refractivity (Wildman–Crippen MR) is 198 cm³/mol. The standard InChI is InChI=1S/C38H63F3O7Si2/c1-9-49(10-2,11-3)47-31(27-45-30-21-19-20-29(26-30)38(39,40)41)24-25-33-32(22-17-15-16-18-23-34(42)46-28(7)8)35(43)36(44)37(33)48-50(12-4,13-5)14-6/h15,17,19-21,24-26,28,31-33,35-37,43-44H,9-14,16,18,22-23,27H2,1-8H3/t31?,32-,33-,35+,36?,37-/m1/s1. The Balaban J connectivity index is 2.41. The van der Waals surface area contributed by atoms with Gasteiger partial charge in [0.15, 0.2) is 16.6 Å². The van der Waals surface area contributed by atoms with Crippen molar-refractivity contribution in [2.45, 2.75) is 154 Å². The molecular weight excluding hydrogens is 682 g/mol. The van der Waals surface area contributed by atoms with Gasteiger partial charge in [0.25, 0.3) is 0 Å². The predicted octanol–water partition coefficient (Wildman–Crippen LogP) is 9.46. The van der Waals surface area contributed by atoms with Crippen LogP contribution in [0, 0.1) is 11.8 Å². The second kappa shape index (κ2) is 20.9. The van der Waals surface area contributed by atoms with Crippen LogP contribution < -0.4 is 4.74 Å². The highest BCUT2D eigenvalue weighted by molar-refractivity contribution is 6.74. The summed E-state index contributed by atoms with van der Waals surface area (Å²) in [6.07, 6.45) is 2.11. The Morgan fingerprint density at radius 3 is 2.10 bits per heavy atom. The van der Waals surface area contributed by atoms with Crippen LogP contribution in [0.1, 0.15) is 86.6 Å². The fourth-order valence-corrected chi connectivity index (χ4v) is 12.5. The summed E-state index contributed by atoms with van der Waals surface area (Å²) in [4.78, 5) is 11.9. The zero-order chi connectivity index (χ0) is 37.5. The van der Waals surface area contributed by atoms with E-state index in [2.05, 4.69) is 41.5 Å². The molecule has 1 fully saturated rings. The van der Waals surface area contributed by atoms with Gasteiger partial charge in [-0.2, -0.15) is 13.2 Å². The van der Waals surface area contributed by atoms with Crippen molar-refractivity contribution in [2.75, 3.05) is 6.61 Å². The zero-order valence-electron chi connectivity index (χ0n) is 31.5. The quantitative estimate of drug-likeness (QED) is 0.0529.